The fourth-order valence-electron chi connectivity index (χ4n) is 2.82. The van der Waals surface area contributed by atoms with Crippen LogP contribution in [-0.4, -0.2) is 32.4 Å². The summed E-state index contributed by atoms with van der Waals surface area (Å²) in [5.74, 6) is 2.20. The first kappa shape index (κ1) is 17.5. The van der Waals surface area contributed by atoms with Gasteiger partial charge in [-0.3, -0.25) is 4.79 Å². The lowest BCUT2D eigenvalue weighted by atomic mass is 9.96. The van der Waals surface area contributed by atoms with Gasteiger partial charge < -0.3 is 4.90 Å². The minimum absolute atomic E-state index is 0.181. The summed E-state index contributed by atoms with van der Waals surface area (Å²) in [7, 11) is 0. The van der Waals surface area contributed by atoms with E-state index in [1.807, 2.05) is 23.1 Å². The fraction of sp³-hybridized carbons (Fsp3) is 0.500. The summed E-state index contributed by atoms with van der Waals surface area (Å²) in [5, 5.41) is 0. The van der Waals surface area contributed by atoms with Crippen LogP contribution in [0.2, 0.25) is 0 Å². The van der Waals surface area contributed by atoms with Gasteiger partial charge in [0.1, 0.15) is 0 Å². The Morgan fingerprint density at radius 3 is 2.27 bits per heavy atom. The Balaban J connectivity index is 2.27. The van der Waals surface area contributed by atoms with Crippen LogP contribution in [0, 0.1) is 0 Å². The van der Waals surface area contributed by atoms with E-state index < -0.39 is 0 Å². The average Bonchev–Trinajstić information content (AvgIpc) is 2.51. The molecule has 1 saturated heterocycles. The van der Waals surface area contributed by atoms with Gasteiger partial charge in [-0.1, -0.05) is 55.8 Å². The average molecular weight is 336 g/mol. The van der Waals surface area contributed by atoms with E-state index in [1.54, 1.807) is 23.5 Å². The highest BCUT2D eigenvalue weighted by molar-refractivity contribution is 8.19. The molecule has 1 amide bonds. The second-order valence-corrected chi connectivity index (χ2v) is 8.92. The number of amides is 1. The molecule has 0 spiro atoms. The van der Waals surface area contributed by atoms with Gasteiger partial charge in [-0.25, -0.2) is 0 Å². The van der Waals surface area contributed by atoms with Crippen molar-refractivity contribution in [2.45, 2.75) is 44.4 Å². The summed E-state index contributed by atoms with van der Waals surface area (Å²) in [6.45, 7) is 9.19. The fourth-order valence-corrected chi connectivity index (χ4v) is 5.93. The van der Waals surface area contributed by atoms with Crippen LogP contribution in [-0.2, 0) is 11.3 Å². The Hall–Kier alpha value is -0.870. The summed E-state index contributed by atoms with van der Waals surface area (Å²) in [6.07, 6.45) is 2.26. The molecular formula is C18H25NOS2. The molecule has 1 unspecified atom stereocenters. The minimum atomic E-state index is -0.324. The summed E-state index contributed by atoms with van der Waals surface area (Å²) in [5.41, 5.74) is 2.47. The van der Waals surface area contributed by atoms with Crippen molar-refractivity contribution in [1.29, 1.82) is 0 Å². The minimum Gasteiger partial charge on any atom is -0.327 e. The summed E-state index contributed by atoms with van der Waals surface area (Å²) < 4.78 is -0.324. The van der Waals surface area contributed by atoms with Gasteiger partial charge in [-0.15, -0.1) is 23.5 Å². The Bertz CT molecular complexity index is 531. The SMILES string of the molecule is CCSC1(SCC)C(=O)N(Cc2ccccc2)C1C=C(C)C. The predicted molar refractivity (Wildman–Crippen MR) is 99.2 cm³/mol. The number of rotatable bonds is 7. The summed E-state index contributed by atoms with van der Waals surface area (Å²) in [4.78, 5) is 14.9. The molecule has 4 heteroatoms. The largest absolute Gasteiger partial charge is 0.327 e. The van der Waals surface area contributed by atoms with Crippen molar-refractivity contribution in [3.63, 3.8) is 0 Å². The van der Waals surface area contributed by atoms with Gasteiger partial charge in [0.15, 0.2) is 4.08 Å². The molecule has 1 aliphatic heterocycles. The van der Waals surface area contributed by atoms with Gasteiger partial charge in [-0.05, 0) is 30.9 Å². The van der Waals surface area contributed by atoms with Gasteiger partial charge in [0.25, 0.3) is 5.91 Å². The Morgan fingerprint density at radius 2 is 1.77 bits per heavy atom. The van der Waals surface area contributed by atoms with E-state index >= 15 is 0 Å². The van der Waals surface area contributed by atoms with Crippen LogP contribution < -0.4 is 0 Å². The highest BCUT2D eigenvalue weighted by Crippen LogP contribution is 2.52. The van der Waals surface area contributed by atoms with Crippen LogP contribution in [0.1, 0.15) is 33.3 Å². The lowest BCUT2D eigenvalue weighted by molar-refractivity contribution is -0.145. The van der Waals surface area contributed by atoms with E-state index in [0.29, 0.717) is 6.54 Å². The molecule has 0 radical (unpaired) electrons. The molecule has 1 fully saturated rings. The zero-order valence-corrected chi connectivity index (χ0v) is 15.5. The molecule has 1 heterocycles. The third-order valence-electron chi connectivity index (χ3n) is 3.69. The molecule has 0 N–H and O–H groups in total. The van der Waals surface area contributed by atoms with E-state index in [4.69, 9.17) is 0 Å². The van der Waals surface area contributed by atoms with Gasteiger partial charge >= 0.3 is 0 Å². The number of hydrogen-bond donors (Lipinski definition) is 0. The van der Waals surface area contributed by atoms with Gasteiger partial charge in [0.05, 0.1) is 6.04 Å². The molecule has 0 aliphatic carbocycles. The number of nitrogens with zero attached hydrogens (tertiary/aromatic N) is 1. The molecule has 1 aromatic rings. The van der Waals surface area contributed by atoms with Gasteiger partial charge in [-0.2, -0.15) is 0 Å². The molecule has 0 bridgehead atoms. The molecule has 0 aromatic heterocycles. The van der Waals surface area contributed by atoms with Crippen LogP contribution in [0.4, 0.5) is 0 Å². The number of carbonyl (C=O) groups is 1. The standard InChI is InChI=1S/C18H25NOS2/c1-5-21-18(22-6-2)16(12-14(3)4)19(17(18)20)13-15-10-8-7-9-11-15/h7-12,16H,5-6,13H2,1-4H3. The Labute approximate surface area is 142 Å². The van der Waals surface area contributed by atoms with E-state index in [9.17, 15) is 4.79 Å². The number of thioether (sulfide) groups is 2. The molecule has 2 nitrogen and oxygen atoms in total. The molecule has 2 rings (SSSR count). The number of β-lactam (4-membered cyclic amide) rings is 1. The highest BCUT2D eigenvalue weighted by atomic mass is 32.2. The maximum absolute atomic E-state index is 12.9. The molecule has 120 valence electrons. The molecule has 0 saturated carbocycles. The van der Waals surface area contributed by atoms with Crippen LogP contribution >= 0.6 is 23.5 Å². The van der Waals surface area contributed by atoms with E-state index in [1.165, 1.54) is 11.1 Å². The number of benzene rings is 1. The van der Waals surface area contributed by atoms with Crippen LogP contribution in [0.3, 0.4) is 0 Å². The number of hydrogen-bond acceptors (Lipinski definition) is 3. The van der Waals surface area contributed by atoms with Crippen LogP contribution in [0.25, 0.3) is 0 Å². The zero-order chi connectivity index (χ0) is 16.2. The van der Waals surface area contributed by atoms with Crippen molar-refractivity contribution in [2.75, 3.05) is 11.5 Å². The van der Waals surface area contributed by atoms with Crippen molar-refractivity contribution in [1.82, 2.24) is 4.90 Å². The lowest BCUT2D eigenvalue weighted by Crippen LogP contribution is -2.69. The second kappa shape index (κ2) is 7.60. The zero-order valence-electron chi connectivity index (χ0n) is 13.8. The van der Waals surface area contributed by atoms with Crippen molar-refractivity contribution in [3.05, 3.63) is 47.5 Å². The Morgan fingerprint density at radius 1 is 1.18 bits per heavy atom. The number of allylic oxidation sites excluding steroid dienone is 1. The topological polar surface area (TPSA) is 20.3 Å². The number of likely N-dealkylation sites (tertiary alicyclic amines) is 1. The molecular weight excluding hydrogens is 310 g/mol. The quantitative estimate of drug-likeness (QED) is 0.414. The smallest absolute Gasteiger partial charge is 0.252 e. The highest BCUT2D eigenvalue weighted by Gasteiger charge is 2.59. The molecule has 1 aromatic carbocycles. The second-order valence-electron chi connectivity index (χ2n) is 5.64. The first-order valence-electron chi connectivity index (χ1n) is 7.83. The predicted octanol–water partition coefficient (Wildman–Crippen LogP) is 4.57. The maximum atomic E-state index is 12.9. The summed E-state index contributed by atoms with van der Waals surface area (Å²) >= 11 is 3.58. The van der Waals surface area contributed by atoms with E-state index in [0.717, 1.165) is 11.5 Å². The van der Waals surface area contributed by atoms with E-state index in [-0.39, 0.29) is 16.0 Å². The van der Waals surface area contributed by atoms with Crippen LogP contribution in [0.5, 0.6) is 0 Å². The van der Waals surface area contributed by atoms with Crippen molar-refractivity contribution >= 4 is 29.4 Å². The monoisotopic (exact) mass is 335 g/mol. The lowest BCUT2D eigenvalue weighted by Gasteiger charge is -2.54. The van der Waals surface area contributed by atoms with Gasteiger partial charge in [0, 0.05) is 6.54 Å². The first-order valence-corrected chi connectivity index (χ1v) is 9.80. The molecule has 1 aliphatic rings. The van der Waals surface area contributed by atoms with E-state index in [2.05, 4.69) is 45.9 Å². The Kier molecular flexibility index (Phi) is 6.04. The molecule has 1 atom stereocenters. The normalized spacial score (nSPS) is 19.7. The number of carbonyl (C=O) groups excluding carboxylic acids is 1. The van der Waals surface area contributed by atoms with Gasteiger partial charge in [0.2, 0.25) is 0 Å². The van der Waals surface area contributed by atoms with Crippen LogP contribution in [0.15, 0.2) is 42.0 Å². The van der Waals surface area contributed by atoms with Crippen molar-refractivity contribution < 1.29 is 4.79 Å². The van der Waals surface area contributed by atoms with Crippen molar-refractivity contribution in [3.8, 4) is 0 Å². The first-order chi connectivity index (χ1) is 10.5. The van der Waals surface area contributed by atoms with Crippen molar-refractivity contribution in [2.24, 2.45) is 0 Å². The third-order valence-corrected chi connectivity index (χ3v) is 6.66. The summed E-state index contributed by atoms with van der Waals surface area (Å²) in [6, 6.07) is 10.4. The molecule has 22 heavy (non-hydrogen) atoms. The third kappa shape index (κ3) is 3.38. The maximum Gasteiger partial charge on any atom is 0.252 e.